The van der Waals surface area contributed by atoms with E-state index in [0.717, 1.165) is 35.3 Å². The van der Waals surface area contributed by atoms with Gasteiger partial charge in [0.05, 0.1) is 4.88 Å². The molecular formula is C19H20N6OS. The summed E-state index contributed by atoms with van der Waals surface area (Å²) >= 11 is 1.49. The van der Waals surface area contributed by atoms with E-state index in [1.54, 1.807) is 0 Å². The van der Waals surface area contributed by atoms with E-state index in [-0.39, 0.29) is 5.91 Å². The van der Waals surface area contributed by atoms with E-state index in [1.165, 1.54) is 11.3 Å². The van der Waals surface area contributed by atoms with E-state index in [4.69, 9.17) is 0 Å². The number of nitrogens with zero attached hydrogens (tertiary/aromatic N) is 5. The van der Waals surface area contributed by atoms with Gasteiger partial charge < -0.3 is 15.1 Å². The zero-order valence-corrected chi connectivity index (χ0v) is 15.8. The minimum atomic E-state index is 0.112. The molecule has 4 heterocycles. The summed E-state index contributed by atoms with van der Waals surface area (Å²) in [5.74, 6) is 2.34. The number of nitrogens with one attached hydrogen (secondary N) is 1. The number of thiophene rings is 1. The number of anilines is 3. The first-order chi connectivity index (χ1) is 13.2. The van der Waals surface area contributed by atoms with Crippen LogP contribution in [0.3, 0.4) is 0 Å². The van der Waals surface area contributed by atoms with Crippen molar-refractivity contribution in [2.24, 2.45) is 0 Å². The summed E-state index contributed by atoms with van der Waals surface area (Å²) in [6.45, 7) is 4.82. The normalized spacial score (nSPS) is 14.3. The third-order valence-electron chi connectivity index (χ3n) is 4.42. The van der Waals surface area contributed by atoms with Gasteiger partial charge in [0.15, 0.2) is 11.6 Å². The molecule has 4 rings (SSSR count). The molecule has 3 aromatic heterocycles. The second kappa shape index (κ2) is 7.71. The van der Waals surface area contributed by atoms with Gasteiger partial charge in [0.25, 0.3) is 5.91 Å². The molecule has 27 heavy (non-hydrogen) atoms. The number of hydrogen-bond donors (Lipinski definition) is 1. The Hall–Kier alpha value is -3.00. The van der Waals surface area contributed by atoms with Crippen LogP contribution in [0, 0.1) is 6.92 Å². The van der Waals surface area contributed by atoms with E-state index in [0.29, 0.717) is 18.9 Å². The molecule has 7 nitrogen and oxygen atoms in total. The van der Waals surface area contributed by atoms with Gasteiger partial charge in [0, 0.05) is 31.9 Å². The fourth-order valence-corrected chi connectivity index (χ4v) is 3.69. The topological polar surface area (TPSA) is 74.2 Å². The van der Waals surface area contributed by atoms with Crippen molar-refractivity contribution in [3.63, 3.8) is 0 Å². The summed E-state index contributed by atoms with van der Waals surface area (Å²) in [5.41, 5.74) is 0.944. The van der Waals surface area contributed by atoms with Gasteiger partial charge in [-0.2, -0.15) is 0 Å². The van der Waals surface area contributed by atoms with Gasteiger partial charge in [-0.1, -0.05) is 12.1 Å². The fraction of sp³-hybridized carbons (Fsp3) is 0.263. The third-order valence-corrected chi connectivity index (χ3v) is 5.28. The molecule has 1 aliphatic heterocycles. The second-order valence-electron chi connectivity index (χ2n) is 6.32. The smallest absolute Gasteiger partial charge is 0.264 e. The summed E-state index contributed by atoms with van der Waals surface area (Å²) < 4.78 is 0. The van der Waals surface area contributed by atoms with Crippen LogP contribution < -0.4 is 10.2 Å². The maximum absolute atomic E-state index is 12.4. The summed E-state index contributed by atoms with van der Waals surface area (Å²) in [7, 11) is 0. The Bertz CT molecular complexity index is 904. The third kappa shape index (κ3) is 4.06. The van der Waals surface area contributed by atoms with Crippen molar-refractivity contribution >= 4 is 34.7 Å². The number of piperazine rings is 1. The van der Waals surface area contributed by atoms with Crippen molar-refractivity contribution in [3.8, 4) is 0 Å². The molecule has 1 N–H and O–H groups in total. The summed E-state index contributed by atoms with van der Waals surface area (Å²) in [4.78, 5) is 21.7. The van der Waals surface area contributed by atoms with Gasteiger partial charge in [0.2, 0.25) is 0 Å². The van der Waals surface area contributed by atoms with E-state index in [9.17, 15) is 4.79 Å². The average molecular weight is 380 g/mol. The molecule has 0 radical (unpaired) electrons. The molecule has 8 heteroatoms. The second-order valence-corrected chi connectivity index (χ2v) is 7.27. The maximum atomic E-state index is 12.4. The van der Waals surface area contributed by atoms with Crippen molar-refractivity contribution in [1.29, 1.82) is 0 Å². The lowest BCUT2D eigenvalue weighted by Crippen LogP contribution is -2.48. The molecule has 0 aromatic carbocycles. The van der Waals surface area contributed by atoms with Crippen LogP contribution in [0.2, 0.25) is 0 Å². The predicted octanol–water partition coefficient (Wildman–Crippen LogP) is 2.95. The minimum Gasteiger partial charge on any atom is -0.352 e. The molecule has 3 aromatic rings. The molecule has 1 aliphatic rings. The summed E-state index contributed by atoms with van der Waals surface area (Å²) in [6, 6.07) is 13.4. The number of aromatic nitrogens is 3. The van der Waals surface area contributed by atoms with Gasteiger partial charge in [-0.3, -0.25) is 4.79 Å². The molecule has 1 amide bonds. The van der Waals surface area contributed by atoms with Crippen molar-refractivity contribution in [2.45, 2.75) is 6.92 Å². The maximum Gasteiger partial charge on any atom is 0.264 e. The van der Waals surface area contributed by atoms with E-state index in [2.05, 4.69) is 25.4 Å². The summed E-state index contributed by atoms with van der Waals surface area (Å²) in [6.07, 6.45) is 0. The molecule has 1 saturated heterocycles. The van der Waals surface area contributed by atoms with Crippen LogP contribution >= 0.6 is 11.3 Å². The highest BCUT2D eigenvalue weighted by molar-refractivity contribution is 7.12. The van der Waals surface area contributed by atoms with Crippen LogP contribution in [0.15, 0.2) is 47.8 Å². The Labute approximate surface area is 161 Å². The average Bonchev–Trinajstić information content (AvgIpc) is 3.23. The highest BCUT2D eigenvalue weighted by atomic mass is 32.1. The quantitative estimate of drug-likeness (QED) is 0.750. The van der Waals surface area contributed by atoms with Gasteiger partial charge in [-0.05, 0) is 42.6 Å². The van der Waals surface area contributed by atoms with Crippen LogP contribution in [0.4, 0.5) is 17.5 Å². The number of carbonyl (C=O) groups excluding carboxylic acids is 1. The van der Waals surface area contributed by atoms with Crippen molar-refractivity contribution in [1.82, 2.24) is 20.1 Å². The number of rotatable bonds is 4. The molecule has 0 atom stereocenters. The largest absolute Gasteiger partial charge is 0.352 e. The van der Waals surface area contributed by atoms with E-state index < -0.39 is 0 Å². The minimum absolute atomic E-state index is 0.112. The SMILES string of the molecule is Cc1cccc(Nc2ccc(N3CCN(C(=O)c4cccs4)CC3)nn2)n1. The lowest BCUT2D eigenvalue weighted by Gasteiger charge is -2.35. The predicted molar refractivity (Wildman–Crippen MR) is 107 cm³/mol. The van der Waals surface area contributed by atoms with Crippen molar-refractivity contribution in [3.05, 3.63) is 58.4 Å². The van der Waals surface area contributed by atoms with E-state index >= 15 is 0 Å². The number of carbonyl (C=O) groups is 1. The van der Waals surface area contributed by atoms with Gasteiger partial charge >= 0.3 is 0 Å². The van der Waals surface area contributed by atoms with Crippen LogP contribution in [-0.4, -0.2) is 52.2 Å². The molecule has 138 valence electrons. The molecule has 0 spiro atoms. The van der Waals surface area contributed by atoms with Crippen LogP contribution in [0.5, 0.6) is 0 Å². The monoisotopic (exact) mass is 380 g/mol. The lowest BCUT2D eigenvalue weighted by atomic mass is 10.3. The molecular weight excluding hydrogens is 360 g/mol. The number of pyridine rings is 1. The van der Waals surface area contributed by atoms with Gasteiger partial charge in [0.1, 0.15) is 5.82 Å². The molecule has 0 saturated carbocycles. The number of aryl methyl sites for hydroxylation is 1. The molecule has 1 fully saturated rings. The Morgan fingerprint density at radius 3 is 2.52 bits per heavy atom. The zero-order chi connectivity index (χ0) is 18.6. The number of hydrogen-bond acceptors (Lipinski definition) is 7. The van der Waals surface area contributed by atoms with Crippen LogP contribution in [0.25, 0.3) is 0 Å². The first kappa shape index (κ1) is 17.4. The Kier molecular flexibility index (Phi) is 4.97. The zero-order valence-electron chi connectivity index (χ0n) is 15.0. The standard InChI is InChI=1S/C19H20N6OS/c1-14-4-2-6-16(20-14)21-17-7-8-18(23-22-17)24-9-11-25(12-10-24)19(26)15-5-3-13-27-15/h2-8,13H,9-12H2,1H3,(H,20,21,22). The highest BCUT2D eigenvalue weighted by Crippen LogP contribution is 2.18. The van der Waals surface area contributed by atoms with Gasteiger partial charge in [-0.15, -0.1) is 21.5 Å². The van der Waals surface area contributed by atoms with Gasteiger partial charge in [-0.25, -0.2) is 4.98 Å². The summed E-state index contributed by atoms with van der Waals surface area (Å²) in [5, 5.41) is 13.7. The van der Waals surface area contributed by atoms with Crippen LogP contribution in [-0.2, 0) is 0 Å². The Balaban J connectivity index is 1.35. The molecule has 0 aliphatic carbocycles. The van der Waals surface area contributed by atoms with E-state index in [1.807, 2.05) is 59.7 Å². The number of amides is 1. The first-order valence-electron chi connectivity index (χ1n) is 8.81. The Morgan fingerprint density at radius 2 is 1.85 bits per heavy atom. The first-order valence-corrected chi connectivity index (χ1v) is 9.69. The van der Waals surface area contributed by atoms with Crippen LogP contribution in [0.1, 0.15) is 15.4 Å². The molecule has 0 unspecified atom stereocenters. The van der Waals surface area contributed by atoms with Crippen molar-refractivity contribution in [2.75, 3.05) is 36.4 Å². The lowest BCUT2D eigenvalue weighted by molar-refractivity contribution is 0.0751. The highest BCUT2D eigenvalue weighted by Gasteiger charge is 2.23. The Morgan fingerprint density at radius 1 is 1.00 bits per heavy atom. The van der Waals surface area contributed by atoms with Crippen molar-refractivity contribution < 1.29 is 4.79 Å². The molecule has 0 bridgehead atoms. The fourth-order valence-electron chi connectivity index (χ4n) is 3.00.